The Labute approximate surface area is 87.2 Å². The Morgan fingerprint density at radius 2 is 2.20 bits per heavy atom. The topological polar surface area (TPSA) is 21.3 Å². The zero-order chi connectivity index (χ0) is 10.8. The standard InChI is InChI=1S/C11H13F2NO/c1-15-9-5-4-7(12)10(11(9)13)8-3-2-6-14-8/h4-5,8,14H,2-3,6H2,1H3. The Morgan fingerprint density at radius 3 is 2.80 bits per heavy atom. The molecule has 15 heavy (non-hydrogen) atoms. The van der Waals surface area contributed by atoms with E-state index in [2.05, 4.69) is 5.32 Å². The van der Waals surface area contributed by atoms with E-state index in [9.17, 15) is 8.78 Å². The molecule has 2 nitrogen and oxygen atoms in total. The van der Waals surface area contributed by atoms with Gasteiger partial charge in [-0.1, -0.05) is 0 Å². The van der Waals surface area contributed by atoms with E-state index in [1.165, 1.54) is 19.2 Å². The molecule has 0 bridgehead atoms. The van der Waals surface area contributed by atoms with Crippen molar-refractivity contribution in [3.8, 4) is 5.75 Å². The lowest BCUT2D eigenvalue weighted by Crippen LogP contribution is -2.16. The fraction of sp³-hybridized carbons (Fsp3) is 0.455. The van der Waals surface area contributed by atoms with Crippen molar-refractivity contribution >= 4 is 0 Å². The van der Waals surface area contributed by atoms with Crippen LogP contribution in [0.3, 0.4) is 0 Å². The minimum atomic E-state index is -0.586. The largest absolute Gasteiger partial charge is 0.494 e. The first-order chi connectivity index (χ1) is 7.24. The molecular formula is C11H13F2NO. The third kappa shape index (κ3) is 1.81. The summed E-state index contributed by atoms with van der Waals surface area (Å²) in [6, 6.07) is 2.33. The van der Waals surface area contributed by atoms with Gasteiger partial charge in [0.05, 0.1) is 7.11 Å². The summed E-state index contributed by atoms with van der Waals surface area (Å²) in [7, 11) is 1.38. The van der Waals surface area contributed by atoms with Crippen LogP contribution in [0.1, 0.15) is 24.4 Å². The lowest BCUT2D eigenvalue weighted by Gasteiger charge is -2.14. The van der Waals surface area contributed by atoms with Crippen molar-refractivity contribution in [1.29, 1.82) is 0 Å². The molecule has 1 N–H and O–H groups in total. The lowest BCUT2D eigenvalue weighted by atomic mass is 10.0. The number of benzene rings is 1. The highest BCUT2D eigenvalue weighted by molar-refractivity contribution is 5.34. The second-order valence-electron chi connectivity index (χ2n) is 3.63. The maximum atomic E-state index is 13.8. The van der Waals surface area contributed by atoms with Gasteiger partial charge in [0.1, 0.15) is 5.82 Å². The van der Waals surface area contributed by atoms with E-state index in [1.54, 1.807) is 0 Å². The van der Waals surface area contributed by atoms with Crippen molar-refractivity contribution in [2.75, 3.05) is 13.7 Å². The highest BCUT2D eigenvalue weighted by Crippen LogP contribution is 2.31. The first kappa shape index (κ1) is 10.4. The molecule has 1 aromatic carbocycles. The Bertz CT molecular complexity index is 362. The van der Waals surface area contributed by atoms with Gasteiger partial charge in [-0.25, -0.2) is 8.78 Å². The van der Waals surface area contributed by atoms with Crippen molar-refractivity contribution in [1.82, 2.24) is 5.32 Å². The molecule has 0 amide bonds. The average Bonchev–Trinajstić information content (AvgIpc) is 2.71. The van der Waals surface area contributed by atoms with Crippen molar-refractivity contribution in [3.63, 3.8) is 0 Å². The summed E-state index contributed by atoms with van der Waals surface area (Å²) in [5.74, 6) is -0.996. The van der Waals surface area contributed by atoms with Crippen LogP contribution in [0.25, 0.3) is 0 Å². The third-order valence-electron chi connectivity index (χ3n) is 2.72. The van der Waals surface area contributed by atoms with Gasteiger partial charge in [-0.2, -0.15) is 0 Å². The zero-order valence-corrected chi connectivity index (χ0v) is 8.52. The first-order valence-corrected chi connectivity index (χ1v) is 4.99. The number of hydrogen-bond acceptors (Lipinski definition) is 2. The molecule has 0 saturated carbocycles. The van der Waals surface area contributed by atoms with Crippen LogP contribution in [0.2, 0.25) is 0 Å². The molecule has 1 heterocycles. The van der Waals surface area contributed by atoms with Gasteiger partial charge in [-0.3, -0.25) is 0 Å². The van der Waals surface area contributed by atoms with Crippen LogP contribution in [-0.4, -0.2) is 13.7 Å². The van der Waals surface area contributed by atoms with E-state index in [1.807, 2.05) is 0 Å². The fourth-order valence-corrected chi connectivity index (χ4v) is 1.96. The number of methoxy groups -OCH3 is 1. The van der Waals surface area contributed by atoms with E-state index in [0.29, 0.717) is 0 Å². The number of ether oxygens (including phenoxy) is 1. The summed E-state index contributed by atoms with van der Waals surface area (Å²) >= 11 is 0. The van der Waals surface area contributed by atoms with Crippen LogP contribution in [0.15, 0.2) is 12.1 Å². The molecule has 1 unspecified atom stereocenters. The third-order valence-corrected chi connectivity index (χ3v) is 2.72. The van der Waals surface area contributed by atoms with Crippen molar-refractivity contribution in [2.45, 2.75) is 18.9 Å². The molecule has 0 aliphatic carbocycles. The van der Waals surface area contributed by atoms with Crippen molar-refractivity contribution in [3.05, 3.63) is 29.3 Å². The van der Waals surface area contributed by atoms with Crippen LogP contribution in [0.4, 0.5) is 8.78 Å². The van der Waals surface area contributed by atoms with E-state index < -0.39 is 11.6 Å². The van der Waals surface area contributed by atoms with Gasteiger partial charge in [0.2, 0.25) is 0 Å². The molecule has 4 heteroatoms. The Morgan fingerprint density at radius 1 is 1.40 bits per heavy atom. The van der Waals surface area contributed by atoms with E-state index in [4.69, 9.17) is 4.74 Å². The average molecular weight is 213 g/mol. The molecule has 0 radical (unpaired) electrons. The SMILES string of the molecule is COc1ccc(F)c(C2CCCN2)c1F. The quantitative estimate of drug-likeness (QED) is 0.814. The van der Waals surface area contributed by atoms with Gasteiger partial charge in [0, 0.05) is 11.6 Å². The summed E-state index contributed by atoms with van der Waals surface area (Å²) in [5.41, 5.74) is 0.104. The summed E-state index contributed by atoms with van der Waals surface area (Å²) in [6.07, 6.45) is 1.71. The molecule has 0 aromatic heterocycles. The maximum absolute atomic E-state index is 13.8. The van der Waals surface area contributed by atoms with Crippen LogP contribution >= 0.6 is 0 Å². The van der Waals surface area contributed by atoms with Gasteiger partial charge in [-0.15, -0.1) is 0 Å². The molecule has 1 fully saturated rings. The smallest absolute Gasteiger partial charge is 0.172 e. The van der Waals surface area contributed by atoms with Gasteiger partial charge in [0.25, 0.3) is 0 Å². The summed E-state index contributed by atoms with van der Waals surface area (Å²) < 4.78 is 32.1. The minimum absolute atomic E-state index is 0.0973. The molecular weight excluding hydrogens is 200 g/mol. The second kappa shape index (κ2) is 4.14. The van der Waals surface area contributed by atoms with Crippen LogP contribution in [0, 0.1) is 11.6 Å². The van der Waals surface area contributed by atoms with Gasteiger partial charge in [0.15, 0.2) is 11.6 Å². The molecule has 1 aromatic rings. The zero-order valence-electron chi connectivity index (χ0n) is 8.52. The van der Waals surface area contributed by atoms with Crippen LogP contribution in [-0.2, 0) is 0 Å². The number of hydrogen-bond donors (Lipinski definition) is 1. The van der Waals surface area contributed by atoms with Crippen LogP contribution in [0.5, 0.6) is 5.75 Å². The Balaban J connectivity index is 2.43. The first-order valence-electron chi connectivity index (χ1n) is 4.99. The summed E-state index contributed by atoms with van der Waals surface area (Å²) in [6.45, 7) is 0.806. The monoisotopic (exact) mass is 213 g/mol. The number of halogens is 2. The second-order valence-corrected chi connectivity index (χ2v) is 3.63. The molecule has 82 valence electrons. The molecule has 1 saturated heterocycles. The predicted molar refractivity (Wildman–Crippen MR) is 52.9 cm³/mol. The van der Waals surface area contributed by atoms with Crippen molar-refractivity contribution < 1.29 is 13.5 Å². The summed E-state index contributed by atoms with van der Waals surface area (Å²) in [4.78, 5) is 0. The number of rotatable bonds is 2. The molecule has 0 spiro atoms. The fourth-order valence-electron chi connectivity index (χ4n) is 1.96. The molecule has 1 atom stereocenters. The van der Waals surface area contributed by atoms with E-state index >= 15 is 0 Å². The van der Waals surface area contributed by atoms with Crippen LogP contribution < -0.4 is 10.1 Å². The highest BCUT2D eigenvalue weighted by atomic mass is 19.1. The Kier molecular flexibility index (Phi) is 2.86. The van der Waals surface area contributed by atoms with Gasteiger partial charge >= 0.3 is 0 Å². The number of nitrogens with one attached hydrogen (secondary N) is 1. The molecule has 1 aliphatic heterocycles. The van der Waals surface area contributed by atoms with Crippen molar-refractivity contribution in [2.24, 2.45) is 0 Å². The predicted octanol–water partition coefficient (Wildman–Crippen LogP) is 2.40. The Hall–Kier alpha value is -1.16. The normalized spacial score (nSPS) is 20.6. The summed E-state index contributed by atoms with van der Waals surface area (Å²) in [5, 5.41) is 3.07. The molecule has 2 rings (SSSR count). The minimum Gasteiger partial charge on any atom is -0.494 e. The van der Waals surface area contributed by atoms with Gasteiger partial charge in [-0.05, 0) is 31.5 Å². The van der Waals surface area contributed by atoms with E-state index in [-0.39, 0.29) is 17.4 Å². The molecule has 1 aliphatic rings. The highest BCUT2D eigenvalue weighted by Gasteiger charge is 2.25. The lowest BCUT2D eigenvalue weighted by molar-refractivity contribution is 0.376. The van der Waals surface area contributed by atoms with Gasteiger partial charge < -0.3 is 10.1 Å². The maximum Gasteiger partial charge on any atom is 0.172 e. The van der Waals surface area contributed by atoms with E-state index in [0.717, 1.165) is 19.4 Å².